The second-order valence-corrected chi connectivity index (χ2v) is 5.05. The molecule has 0 aliphatic carbocycles. The van der Waals surface area contributed by atoms with Crippen LogP contribution in [0.3, 0.4) is 0 Å². The fraction of sp³-hybridized carbons (Fsp3) is 0.235. The second kappa shape index (κ2) is 8.56. The number of alkyl halides is 5. The van der Waals surface area contributed by atoms with Crippen molar-refractivity contribution < 1.29 is 36.2 Å². The lowest BCUT2D eigenvalue weighted by Gasteiger charge is -2.14. The molecule has 0 aliphatic heterocycles. The third kappa shape index (κ3) is 5.22. The number of hydrogen-bond donors (Lipinski definition) is 1. The molecule has 146 valence electrons. The number of hydrazone groups is 1. The van der Waals surface area contributed by atoms with Gasteiger partial charge >= 0.3 is 12.8 Å². The Kier molecular flexibility index (Phi) is 6.43. The first-order chi connectivity index (χ1) is 12.8. The van der Waals surface area contributed by atoms with Crippen LogP contribution >= 0.6 is 0 Å². The number of benzene rings is 2. The van der Waals surface area contributed by atoms with E-state index in [-0.39, 0.29) is 22.9 Å². The Morgan fingerprint density at radius 3 is 2.15 bits per heavy atom. The first-order valence-electron chi connectivity index (χ1n) is 7.42. The molecule has 0 fully saturated rings. The first kappa shape index (κ1) is 20.3. The number of ether oxygens (including phenoxy) is 3. The molecule has 2 aromatic rings. The Hall–Kier alpha value is -3.04. The van der Waals surface area contributed by atoms with E-state index in [1.807, 2.05) is 0 Å². The summed E-state index contributed by atoms with van der Waals surface area (Å²) in [7, 11) is 2.48. The summed E-state index contributed by atoms with van der Waals surface area (Å²) in [5, 5.41) is 3.75. The molecule has 0 atom stereocenters. The van der Waals surface area contributed by atoms with Crippen molar-refractivity contribution >= 4 is 11.9 Å². The number of nitrogens with one attached hydrogen (secondary N) is 1. The fourth-order valence-electron chi connectivity index (χ4n) is 2.18. The molecule has 0 aromatic heterocycles. The van der Waals surface area contributed by atoms with Crippen LogP contribution in [0.1, 0.15) is 11.1 Å². The molecule has 0 unspecified atom stereocenters. The van der Waals surface area contributed by atoms with Crippen molar-refractivity contribution in [3.63, 3.8) is 0 Å². The highest BCUT2D eigenvalue weighted by atomic mass is 19.4. The van der Waals surface area contributed by atoms with Gasteiger partial charge in [0, 0.05) is 5.56 Å². The molecular formula is C17H15F5N2O3. The number of anilines is 1. The highest BCUT2D eigenvalue weighted by molar-refractivity contribution is 5.83. The highest BCUT2D eigenvalue weighted by Crippen LogP contribution is 2.39. The maximum Gasteiger partial charge on any atom is 0.418 e. The van der Waals surface area contributed by atoms with E-state index in [4.69, 9.17) is 9.47 Å². The highest BCUT2D eigenvalue weighted by Gasteiger charge is 2.33. The molecule has 0 heterocycles. The van der Waals surface area contributed by atoms with Gasteiger partial charge < -0.3 is 14.2 Å². The molecule has 0 bridgehead atoms. The molecule has 0 spiro atoms. The van der Waals surface area contributed by atoms with Crippen molar-refractivity contribution in [2.24, 2.45) is 5.10 Å². The van der Waals surface area contributed by atoms with Crippen LogP contribution in [0.25, 0.3) is 0 Å². The minimum atomic E-state index is -4.54. The zero-order chi connectivity index (χ0) is 20.0. The van der Waals surface area contributed by atoms with Crippen molar-refractivity contribution in [1.29, 1.82) is 0 Å². The molecular weight excluding hydrogens is 375 g/mol. The molecule has 0 aliphatic rings. The molecule has 0 amide bonds. The van der Waals surface area contributed by atoms with E-state index in [1.54, 1.807) is 0 Å². The number of para-hydroxylation sites is 1. The van der Waals surface area contributed by atoms with Crippen molar-refractivity contribution in [2.75, 3.05) is 19.6 Å². The van der Waals surface area contributed by atoms with Gasteiger partial charge in [0.15, 0.2) is 11.5 Å². The van der Waals surface area contributed by atoms with Gasteiger partial charge in [0.05, 0.1) is 31.7 Å². The summed E-state index contributed by atoms with van der Waals surface area (Å²) >= 11 is 0. The normalized spacial score (nSPS) is 11.7. The zero-order valence-corrected chi connectivity index (χ0v) is 14.2. The maximum absolute atomic E-state index is 12.9. The molecule has 10 heteroatoms. The quantitative estimate of drug-likeness (QED) is 0.420. The summed E-state index contributed by atoms with van der Waals surface area (Å²) < 4.78 is 78.2. The lowest BCUT2D eigenvalue weighted by molar-refractivity contribution is -0.137. The molecule has 0 radical (unpaired) electrons. The molecule has 0 saturated carbocycles. The van der Waals surface area contributed by atoms with E-state index in [2.05, 4.69) is 15.3 Å². The summed E-state index contributed by atoms with van der Waals surface area (Å²) in [6.07, 6.45) is -3.36. The minimum Gasteiger partial charge on any atom is -0.493 e. The van der Waals surface area contributed by atoms with E-state index in [0.717, 1.165) is 6.07 Å². The van der Waals surface area contributed by atoms with Gasteiger partial charge in [0.25, 0.3) is 0 Å². The molecule has 1 N–H and O–H groups in total. The van der Waals surface area contributed by atoms with Crippen molar-refractivity contribution in [2.45, 2.75) is 12.8 Å². The van der Waals surface area contributed by atoms with Crippen molar-refractivity contribution in [3.05, 3.63) is 47.5 Å². The van der Waals surface area contributed by atoms with Gasteiger partial charge in [-0.1, -0.05) is 12.1 Å². The number of halogens is 5. The second-order valence-electron chi connectivity index (χ2n) is 5.05. The summed E-state index contributed by atoms with van der Waals surface area (Å²) in [5.74, 6) is -0.402. The van der Waals surface area contributed by atoms with Gasteiger partial charge in [-0.15, -0.1) is 0 Å². The summed E-state index contributed by atoms with van der Waals surface area (Å²) in [4.78, 5) is 0. The largest absolute Gasteiger partial charge is 0.493 e. The van der Waals surface area contributed by atoms with Gasteiger partial charge in [0.2, 0.25) is 5.75 Å². The van der Waals surface area contributed by atoms with Gasteiger partial charge in [0.1, 0.15) is 0 Å². The smallest absolute Gasteiger partial charge is 0.418 e. The topological polar surface area (TPSA) is 52.1 Å². The minimum absolute atomic E-state index is 0.0493. The van der Waals surface area contributed by atoms with Crippen LogP contribution in [0.4, 0.5) is 27.6 Å². The SMILES string of the molecule is COc1cc(/C=N\Nc2ccccc2C(F)(F)F)cc(OC)c1OC(F)F. The lowest BCUT2D eigenvalue weighted by Crippen LogP contribution is -2.08. The van der Waals surface area contributed by atoms with Crippen LogP contribution < -0.4 is 19.6 Å². The van der Waals surface area contributed by atoms with Gasteiger partial charge in [-0.05, 0) is 24.3 Å². The summed E-state index contributed by atoms with van der Waals surface area (Å²) in [6, 6.07) is 7.47. The van der Waals surface area contributed by atoms with E-state index in [9.17, 15) is 22.0 Å². The monoisotopic (exact) mass is 390 g/mol. The van der Waals surface area contributed by atoms with Crippen molar-refractivity contribution in [1.82, 2.24) is 0 Å². The lowest BCUT2D eigenvalue weighted by atomic mass is 10.2. The van der Waals surface area contributed by atoms with Gasteiger partial charge in [-0.25, -0.2) is 0 Å². The molecule has 27 heavy (non-hydrogen) atoms. The van der Waals surface area contributed by atoms with Gasteiger partial charge in [-0.2, -0.15) is 27.1 Å². The van der Waals surface area contributed by atoms with Crippen LogP contribution in [0.2, 0.25) is 0 Å². The summed E-state index contributed by atoms with van der Waals surface area (Å²) in [6.45, 7) is -3.09. The Labute approximate surface area is 151 Å². The van der Waals surface area contributed by atoms with E-state index in [0.29, 0.717) is 5.56 Å². The molecule has 0 saturated heterocycles. The fourth-order valence-corrected chi connectivity index (χ4v) is 2.18. The Morgan fingerprint density at radius 2 is 1.63 bits per heavy atom. The van der Waals surface area contributed by atoms with Crippen LogP contribution in [0.15, 0.2) is 41.5 Å². The van der Waals surface area contributed by atoms with E-state index in [1.165, 1.54) is 50.8 Å². The number of rotatable bonds is 7. The number of nitrogens with zero attached hydrogens (tertiary/aromatic N) is 1. The molecule has 2 rings (SSSR count). The average Bonchev–Trinajstić information content (AvgIpc) is 2.61. The standard InChI is InChI=1S/C17H15F5N2O3/c1-25-13-7-10(8-14(26-2)15(13)27-16(18)19)9-23-24-12-6-4-3-5-11(12)17(20,21)22/h3-9,16,24H,1-2H3/b23-9-. The third-order valence-electron chi connectivity index (χ3n) is 3.32. The first-order valence-corrected chi connectivity index (χ1v) is 7.42. The zero-order valence-electron chi connectivity index (χ0n) is 14.2. The third-order valence-corrected chi connectivity index (χ3v) is 3.32. The van der Waals surface area contributed by atoms with Crippen LogP contribution in [0, 0.1) is 0 Å². The Morgan fingerprint density at radius 1 is 1.04 bits per heavy atom. The number of hydrogen-bond acceptors (Lipinski definition) is 5. The molecule has 2 aromatic carbocycles. The molecule has 5 nitrogen and oxygen atoms in total. The Balaban J connectivity index is 2.28. The maximum atomic E-state index is 12.9. The summed E-state index contributed by atoms with van der Waals surface area (Å²) in [5.41, 5.74) is 1.51. The predicted octanol–water partition coefficient (Wildman–Crippen LogP) is 4.77. The van der Waals surface area contributed by atoms with E-state index >= 15 is 0 Å². The van der Waals surface area contributed by atoms with Gasteiger partial charge in [-0.3, -0.25) is 5.43 Å². The average molecular weight is 390 g/mol. The van der Waals surface area contributed by atoms with Crippen LogP contribution in [-0.4, -0.2) is 27.0 Å². The van der Waals surface area contributed by atoms with E-state index < -0.39 is 18.4 Å². The Bertz CT molecular complexity index is 784. The number of methoxy groups -OCH3 is 2. The van der Waals surface area contributed by atoms with Crippen molar-refractivity contribution in [3.8, 4) is 17.2 Å². The van der Waals surface area contributed by atoms with Crippen LogP contribution in [0.5, 0.6) is 17.2 Å². The predicted molar refractivity (Wildman–Crippen MR) is 88.8 cm³/mol. The van der Waals surface area contributed by atoms with Crippen LogP contribution in [-0.2, 0) is 6.18 Å².